The van der Waals surface area contributed by atoms with E-state index in [0.29, 0.717) is 17.9 Å². The van der Waals surface area contributed by atoms with Gasteiger partial charge in [0.05, 0.1) is 6.04 Å². The molecular weight excluding hydrogens is 356 g/mol. The van der Waals surface area contributed by atoms with E-state index in [0.717, 1.165) is 19.3 Å². The summed E-state index contributed by atoms with van der Waals surface area (Å²) in [6.45, 7) is 0.148. The van der Waals surface area contributed by atoms with Crippen LogP contribution in [0.3, 0.4) is 0 Å². The van der Waals surface area contributed by atoms with Gasteiger partial charge in [-0.05, 0) is 39.2 Å². The van der Waals surface area contributed by atoms with Crippen LogP contribution in [0.25, 0.3) is 0 Å². The molecule has 2 saturated heterocycles. The Hall–Kier alpha value is -1.47. The van der Waals surface area contributed by atoms with E-state index in [1.165, 1.54) is 4.90 Å². The summed E-state index contributed by atoms with van der Waals surface area (Å²) in [5.41, 5.74) is 2.43. The van der Waals surface area contributed by atoms with Crippen molar-refractivity contribution in [3.8, 4) is 0 Å². The van der Waals surface area contributed by atoms with Crippen molar-refractivity contribution in [2.24, 2.45) is 0 Å². The second-order valence-corrected chi connectivity index (χ2v) is 7.46. The highest BCUT2D eigenvalue weighted by Crippen LogP contribution is 2.31. The number of carbonyl (C=O) groups excluding carboxylic acids is 2. The first kappa shape index (κ1) is 18.3. The molecule has 0 spiro atoms. The van der Waals surface area contributed by atoms with Gasteiger partial charge in [0.25, 0.3) is 5.91 Å². The zero-order valence-corrected chi connectivity index (χ0v) is 14.6. The van der Waals surface area contributed by atoms with Crippen LogP contribution in [0.5, 0.6) is 0 Å². The molecule has 142 valence electrons. The van der Waals surface area contributed by atoms with Crippen LogP contribution < -0.4 is 10.8 Å². The molecule has 0 aromatic heterocycles. The lowest BCUT2D eigenvalue weighted by atomic mass is 10.0. The SMILES string of the molecule is CNC1CCCC1ONC(=O)[C@@H]1CC[C@@H]2CN1C(=O)N2OS(=O)(=O)O. The number of hydrogen-bond acceptors (Lipinski definition) is 7. The van der Waals surface area contributed by atoms with Crippen molar-refractivity contribution in [3.05, 3.63) is 0 Å². The maximum Gasteiger partial charge on any atom is 0.418 e. The van der Waals surface area contributed by atoms with Gasteiger partial charge in [-0.15, -0.1) is 4.28 Å². The van der Waals surface area contributed by atoms with Crippen molar-refractivity contribution in [1.82, 2.24) is 20.8 Å². The number of amides is 3. The van der Waals surface area contributed by atoms with E-state index >= 15 is 0 Å². The van der Waals surface area contributed by atoms with E-state index in [1.807, 2.05) is 7.05 Å². The van der Waals surface area contributed by atoms with Crippen molar-refractivity contribution >= 4 is 22.3 Å². The first-order chi connectivity index (χ1) is 11.8. The molecule has 0 radical (unpaired) electrons. The predicted molar refractivity (Wildman–Crippen MR) is 83.1 cm³/mol. The number of nitrogens with one attached hydrogen (secondary N) is 2. The molecule has 2 unspecified atom stereocenters. The molecule has 3 N–H and O–H groups in total. The van der Waals surface area contributed by atoms with Gasteiger partial charge in [0.1, 0.15) is 12.1 Å². The average molecular weight is 378 g/mol. The van der Waals surface area contributed by atoms with Crippen LogP contribution in [-0.4, -0.2) is 72.7 Å². The van der Waals surface area contributed by atoms with Crippen molar-refractivity contribution in [3.63, 3.8) is 0 Å². The monoisotopic (exact) mass is 378 g/mol. The van der Waals surface area contributed by atoms with Crippen molar-refractivity contribution in [2.75, 3.05) is 13.6 Å². The normalized spacial score (nSPS) is 32.3. The van der Waals surface area contributed by atoms with Crippen LogP contribution in [0, 0.1) is 0 Å². The zero-order valence-electron chi connectivity index (χ0n) is 13.8. The van der Waals surface area contributed by atoms with Gasteiger partial charge in [0.2, 0.25) is 0 Å². The summed E-state index contributed by atoms with van der Waals surface area (Å²) in [7, 11) is -2.97. The van der Waals surface area contributed by atoms with E-state index in [1.54, 1.807) is 0 Å². The number of nitrogens with zero attached hydrogens (tertiary/aromatic N) is 2. The lowest BCUT2D eigenvalue weighted by molar-refractivity contribution is -0.144. The Morgan fingerprint density at radius 1 is 1.28 bits per heavy atom. The Morgan fingerprint density at radius 3 is 2.72 bits per heavy atom. The summed E-state index contributed by atoms with van der Waals surface area (Å²) in [5, 5.41) is 3.74. The third-order valence-electron chi connectivity index (χ3n) is 4.93. The van der Waals surface area contributed by atoms with Gasteiger partial charge in [-0.1, -0.05) is 0 Å². The fourth-order valence-electron chi connectivity index (χ4n) is 3.70. The number of carbonyl (C=O) groups is 2. The Bertz CT molecular complexity index is 642. The highest BCUT2D eigenvalue weighted by Gasteiger charge is 2.49. The maximum absolute atomic E-state index is 12.4. The summed E-state index contributed by atoms with van der Waals surface area (Å²) < 4.78 is 34.8. The summed E-state index contributed by atoms with van der Waals surface area (Å²) >= 11 is 0. The molecule has 2 bridgehead atoms. The van der Waals surface area contributed by atoms with Gasteiger partial charge in [0, 0.05) is 12.6 Å². The molecule has 2 aliphatic heterocycles. The minimum Gasteiger partial charge on any atom is -0.314 e. The second kappa shape index (κ2) is 7.03. The van der Waals surface area contributed by atoms with Gasteiger partial charge in [-0.3, -0.25) is 14.2 Å². The number of likely N-dealkylation sites (N-methyl/N-ethyl adjacent to an activating group) is 1. The van der Waals surface area contributed by atoms with Crippen molar-refractivity contribution in [2.45, 2.75) is 56.3 Å². The summed E-state index contributed by atoms with van der Waals surface area (Å²) in [6, 6.07) is -1.89. The van der Waals surface area contributed by atoms with Gasteiger partial charge < -0.3 is 10.2 Å². The minimum absolute atomic E-state index is 0.126. The Kier molecular flexibility index (Phi) is 5.16. The van der Waals surface area contributed by atoms with Crippen LogP contribution in [0.4, 0.5) is 4.79 Å². The third kappa shape index (κ3) is 3.87. The fourth-order valence-corrected chi connectivity index (χ4v) is 4.09. The topological polar surface area (TPSA) is 138 Å². The molecular formula is C13H22N4O7S. The molecule has 12 heteroatoms. The number of rotatable bonds is 6. The molecule has 3 rings (SSSR count). The second-order valence-electron chi connectivity index (χ2n) is 6.46. The standard InChI is InChI=1S/C13H22N4O7S/c1-14-9-3-2-4-11(9)23-15-12(18)10-6-5-8-7-16(10)13(19)17(8)24-25(20,21)22/h8-11,14H,2-7H2,1H3,(H,15,18)(H,20,21,22)/t8-,9?,10+,11?/m1/s1. The Balaban J connectivity index is 1.59. The number of urea groups is 1. The van der Waals surface area contributed by atoms with Crippen LogP contribution >= 0.6 is 0 Å². The molecule has 0 aromatic rings. The molecule has 1 aliphatic carbocycles. The molecule has 4 atom stereocenters. The van der Waals surface area contributed by atoms with E-state index in [-0.39, 0.29) is 18.7 Å². The molecule has 11 nitrogen and oxygen atoms in total. The summed E-state index contributed by atoms with van der Waals surface area (Å²) in [4.78, 5) is 31.4. The number of fused-ring (bicyclic) bond motifs is 2. The third-order valence-corrected chi connectivity index (χ3v) is 5.28. The molecule has 3 fully saturated rings. The quantitative estimate of drug-likeness (QED) is 0.403. The Labute approximate surface area is 145 Å². The molecule has 0 aromatic carbocycles. The Morgan fingerprint density at radius 2 is 2.04 bits per heavy atom. The largest absolute Gasteiger partial charge is 0.418 e. The lowest BCUT2D eigenvalue weighted by Gasteiger charge is -2.29. The predicted octanol–water partition coefficient (Wildman–Crippen LogP) is -0.822. The van der Waals surface area contributed by atoms with Gasteiger partial charge in [0.15, 0.2) is 0 Å². The first-order valence-electron chi connectivity index (χ1n) is 8.19. The van der Waals surface area contributed by atoms with E-state index in [2.05, 4.69) is 15.1 Å². The van der Waals surface area contributed by atoms with Gasteiger partial charge >= 0.3 is 16.4 Å². The van der Waals surface area contributed by atoms with Crippen molar-refractivity contribution < 1.29 is 31.7 Å². The lowest BCUT2D eigenvalue weighted by Crippen LogP contribution is -2.51. The van der Waals surface area contributed by atoms with E-state index in [4.69, 9.17) is 9.39 Å². The van der Waals surface area contributed by atoms with E-state index < -0.39 is 34.4 Å². The first-order valence-corrected chi connectivity index (χ1v) is 9.56. The van der Waals surface area contributed by atoms with Crippen molar-refractivity contribution in [1.29, 1.82) is 0 Å². The van der Waals surface area contributed by atoms with Crippen LogP contribution in [0.1, 0.15) is 32.1 Å². The van der Waals surface area contributed by atoms with E-state index in [9.17, 15) is 18.0 Å². The number of hydroxylamine groups is 3. The average Bonchev–Trinajstić information content (AvgIpc) is 3.10. The van der Waals surface area contributed by atoms with Crippen LogP contribution in [0.2, 0.25) is 0 Å². The molecule has 3 aliphatic rings. The molecule has 25 heavy (non-hydrogen) atoms. The van der Waals surface area contributed by atoms with Gasteiger partial charge in [-0.25, -0.2) is 10.3 Å². The minimum atomic E-state index is -4.80. The molecule has 1 saturated carbocycles. The molecule has 2 heterocycles. The van der Waals surface area contributed by atoms with Crippen LogP contribution in [0.15, 0.2) is 0 Å². The highest BCUT2D eigenvalue weighted by atomic mass is 32.3. The smallest absolute Gasteiger partial charge is 0.314 e. The summed E-state index contributed by atoms with van der Waals surface area (Å²) in [5.74, 6) is -0.456. The fraction of sp³-hybridized carbons (Fsp3) is 0.846. The highest BCUT2D eigenvalue weighted by molar-refractivity contribution is 7.80. The molecule has 3 amide bonds. The van der Waals surface area contributed by atoms with Crippen LogP contribution in [-0.2, 0) is 24.3 Å². The summed E-state index contributed by atoms with van der Waals surface area (Å²) in [6.07, 6.45) is 3.39. The number of hydrogen-bond donors (Lipinski definition) is 3. The van der Waals surface area contributed by atoms with Gasteiger partial charge in [-0.2, -0.15) is 13.5 Å². The maximum atomic E-state index is 12.4. The zero-order chi connectivity index (χ0) is 18.2. The number of piperidine rings is 1.